The zero-order valence-electron chi connectivity index (χ0n) is 32.0. The van der Waals surface area contributed by atoms with E-state index in [1.807, 2.05) is 79.4 Å². The molecule has 12 aromatic rings. The van der Waals surface area contributed by atoms with Crippen LogP contribution in [0.15, 0.2) is 189 Å². The van der Waals surface area contributed by atoms with Gasteiger partial charge in [0.25, 0.3) is 0 Å². The van der Waals surface area contributed by atoms with Gasteiger partial charge in [0.2, 0.25) is 0 Å². The van der Waals surface area contributed by atoms with E-state index in [-0.39, 0.29) is 0 Å². The standard InChI is InChI=1S/C53H31N7/c1-2-8-32(9-3-1)51-58-52(41-20-16-33-26-37(18-14-35(33)28-41)45-30-39-10-4-22-54-47(39)49-43(45)12-6-24-56-49)60-53(59-51)42-21-17-34-27-38(19-15-36(34)29-42)46-31-40-11-5-23-55-48(40)50-44(46)13-7-25-57-50/h1-31H. The van der Waals surface area contributed by atoms with Gasteiger partial charge in [0.15, 0.2) is 17.5 Å². The van der Waals surface area contributed by atoms with Gasteiger partial charge in [0, 0.05) is 63.0 Å². The Morgan fingerprint density at radius 2 is 0.633 bits per heavy atom. The van der Waals surface area contributed by atoms with Gasteiger partial charge in [-0.25, -0.2) is 15.0 Å². The Balaban J connectivity index is 0.939. The fourth-order valence-electron chi connectivity index (χ4n) is 8.49. The van der Waals surface area contributed by atoms with Crippen LogP contribution in [0.3, 0.4) is 0 Å². The molecule has 0 spiro atoms. The molecule has 0 amide bonds. The van der Waals surface area contributed by atoms with Crippen LogP contribution in [0.2, 0.25) is 0 Å². The molecule has 7 aromatic carbocycles. The molecule has 7 heteroatoms. The first-order valence-corrected chi connectivity index (χ1v) is 19.9. The fraction of sp³-hybridized carbons (Fsp3) is 0. The van der Waals surface area contributed by atoms with Crippen LogP contribution in [0.5, 0.6) is 0 Å². The molecular weight excluding hydrogens is 735 g/mol. The molecule has 5 heterocycles. The van der Waals surface area contributed by atoms with Gasteiger partial charge in [0.1, 0.15) is 0 Å². The molecule has 5 aromatic heterocycles. The summed E-state index contributed by atoms with van der Waals surface area (Å²) in [6, 6.07) is 56.9. The molecule has 0 fully saturated rings. The number of aromatic nitrogens is 7. The van der Waals surface area contributed by atoms with Gasteiger partial charge < -0.3 is 0 Å². The average molecular weight is 766 g/mol. The minimum atomic E-state index is 0.616. The van der Waals surface area contributed by atoms with Crippen LogP contribution in [-0.2, 0) is 0 Å². The van der Waals surface area contributed by atoms with E-state index < -0.39 is 0 Å². The molecule has 7 nitrogen and oxygen atoms in total. The Hall–Kier alpha value is -8.29. The molecule has 0 bridgehead atoms. The van der Waals surface area contributed by atoms with Crippen molar-refractivity contribution in [2.24, 2.45) is 0 Å². The predicted molar refractivity (Wildman–Crippen MR) is 243 cm³/mol. The number of pyridine rings is 4. The van der Waals surface area contributed by atoms with E-state index in [9.17, 15) is 0 Å². The molecule has 12 rings (SSSR count). The second-order valence-electron chi connectivity index (χ2n) is 15.0. The molecule has 0 atom stereocenters. The third kappa shape index (κ3) is 5.71. The highest BCUT2D eigenvalue weighted by atomic mass is 15.0. The van der Waals surface area contributed by atoms with Crippen molar-refractivity contribution in [3.8, 4) is 56.4 Å². The topological polar surface area (TPSA) is 90.2 Å². The average Bonchev–Trinajstić information content (AvgIpc) is 3.33. The largest absolute Gasteiger partial charge is 0.254 e. The van der Waals surface area contributed by atoms with E-state index >= 15 is 0 Å². The predicted octanol–water partition coefficient (Wildman–Crippen LogP) is 12.7. The monoisotopic (exact) mass is 765 g/mol. The van der Waals surface area contributed by atoms with Crippen molar-refractivity contribution in [3.05, 3.63) is 189 Å². The Kier molecular flexibility index (Phi) is 7.71. The summed E-state index contributed by atoms with van der Waals surface area (Å²) in [4.78, 5) is 33.9. The Morgan fingerprint density at radius 1 is 0.250 bits per heavy atom. The van der Waals surface area contributed by atoms with E-state index in [0.717, 1.165) is 104 Å². The number of benzene rings is 7. The molecule has 0 aliphatic heterocycles. The second-order valence-corrected chi connectivity index (χ2v) is 15.0. The minimum absolute atomic E-state index is 0.616. The van der Waals surface area contributed by atoms with Gasteiger partial charge in [0.05, 0.1) is 22.1 Å². The minimum Gasteiger partial charge on any atom is -0.254 e. The molecule has 60 heavy (non-hydrogen) atoms. The lowest BCUT2D eigenvalue weighted by Crippen LogP contribution is -2.00. The molecule has 0 radical (unpaired) electrons. The summed E-state index contributed by atoms with van der Waals surface area (Å²) >= 11 is 0. The Bertz CT molecular complexity index is 3460. The highest BCUT2D eigenvalue weighted by Gasteiger charge is 2.16. The summed E-state index contributed by atoms with van der Waals surface area (Å²) in [5.41, 5.74) is 10.9. The van der Waals surface area contributed by atoms with Crippen LogP contribution < -0.4 is 0 Å². The quantitative estimate of drug-likeness (QED) is 0.161. The van der Waals surface area contributed by atoms with Crippen molar-refractivity contribution in [2.75, 3.05) is 0 Å². The Morgan fingerprint density at radius 3 is 1.10 bits per heavy atom. The SMILES string of the molecule is c1ccc(-c2nc(-c3ccc4cc(-c5cc6cccnc6c6ncccc56)ccc4c3)nc(-c3ccc4cc(-c5cc6cccnc6c6ncccc56)ccc4c3)n2)cc1. The molecular formula is C53H31N7. The number of rotatable bonds is 5. The van der Waals surface area contributed by atoms with Crippen molar-refractivity contribution in [1.29, 1.82) is 0 Å². The lowest BCUT2D eigenvalue weighted by atomic mass is 9.95. The van der Waals surface area contributed by atoms with Gasteiger partial charge in [-0.05, 0) is 104 Å². The van der Waals surface area contributed by atoms with Crippen molar-refractivity contribution < 1.29 is 0 Å². The third-order valence-corrected chi connectivity index (χ3v) is 11.4. The maximum atomic E-state index is 5.12. The highest BCUT2D eigenvalue weighted by molar-refractivity contribution is 6.12. The smallest absolute Gasteiger partial charge is 0.164 e. The van der Waals surface area contributed by atoms with Crippen molar-refractivity contribution in [1.82, 2.24) is 34.9 Å². The summed E-state index contributed by atoms with van der Waals surface area (Å²) in [7, 11) is 0. The van der Waals surface area contributed by atoms with Gasteiger partial charge in [-0.1, -0.05) is 103 Å². The third-order valence-electron chi connectivity index (χ3n) is 11.4. The summed E-state index contributed by atoms with van der Waals surface area (Å²) in [6.45, 7) is 0. The lowest BCUT2D eigenvalue weighted by Gasteiger charge is -2.12. The van der Waals surface area contributed by atoms with Crippen LogP contribution in [0, 0.1) is 0 Å². The van der Waals surface area contributed by atoms with Crippen molar-refractivity contribution in [3.63, 3.8) is 0 Å². The number of nitrogens with zero attached hydrogens (tertiary/aromatic N) is 7. The molecule has 278 valence electrons. The fourth-order valence-corrected chi connectivity index (χ4v) is 8.49. The maximum absolute atomic E-state index is 5.12. The van der Waals surface area contributed by atoms with Gasteiger partial charge in [-0.3, -0.25) is 19.9 Å². The van der Waals surface area contributed by atoms with Crippen LogP contribution in [0.4, 0.5) is 0 Å². The summed E-state index contributed by atoms with van der Waals surface area (Å²) in [5.74, 6) is 1.86. The van der Waals surface area contributed by atoms with Crippen LogP contribution >= 0.6 is 0 Å². The van der Waals surface area contributed by atoms with E-state index in [2.05, 4.69) is 119 Å². The first-order chi connectivity index (χ1) is 29.7. The maximum Gasteiger partial charge on any atom is 0.164 e. The zero-order valence-corrected chi connectivity index (χ0v) is 32.0. The molecule has 0 N–H and O–H groups in total. The summed E-state index contributed by atoms with van der Waals surface area (Å²) < 4.78 is 0. The molecule has 0 aliphatic carbocycles. The van der Waals surface area contributed by atoms with Gasteiger partial charge in [-0.15, -0.1) is 0 Å². The normalized spacial score (nSPS) is 11.7. The van der Waals surface area contributed by atoms with E-state index in [4.69, 9.17) is 24.9 Å². The van der Waals surface area contributed by atoms with Crippen LogP contribution in [-0.4, -0.2) is 34.9 Å². The van der Waals surface area contributed by atoms with E-state index in [0.29, 0.717) is 17.5 Å². The van der Waals surface area contributed by atoms with Crippen molar-refractivity contribution >= 4 is 65.2 Å². The molecule has 0 unspecified atom stereocenters. The number of fused-ring (bicyclic) bond motifs is 8. The molecule has 0 aliphatic rings. The first-order valence-electron chi connectivity index (χ1n) is 19.9. The summed E-state index contributed by atoms with van der Waals surface area (Å²) in [5, 5.41) is 8.72. The van der Waals surface area contributed by atoms with Crippen molar-refractivity contribution in [2.45, 2.75) is 0 Å². The molecule has 0 saturated heterocycles. The number of hydrogen-bond acceptors (Lipinski definition) is 7. The zero-order chi connectivity index (χ0) is 39.6. The van der Waals surface area contributed by atoms with Gasteiger partial charge >= 0.3 is 0 Å². The van der Waals surface area contributed by atoms with Crippen LogP contribution in [0.1, 0.15) is 0 Å². The lowest BCUT2D eigenvalue weighted by molar-refractivity contribution is 1.08. The van der Waals surface area contributed by atoms with E-state index in [1.165, 1.54) is 0 Å². The van der Waals surface area contributed by atoms with Gasteiger partial charge in [-0.2, -0.15) is 0 Å². The van der Waals surface area contributed by atoms with E-state index in [1.54, 1.807) is 0 Å². The second kappa shape index (κ2) is 13.7. The summed E-state index contributed by atoms with van der Waals surface area (Å²) in [6.07, 6.45) is 7.31. The van der Waals surface area contributed by atoms with Crippen LogP contribution in [0.25, 0.3) is 122 Å². The Labute approximate surface area is 343 Å². The number of hydrogen-bond donors (Lipinski definition) is 0. The molecule has 0 saturated carbocycles. The first kappa shape index (κ1) is 33.8. The highest BCUT2D eigenvalue weighted by Crippen LogP contribution is 2.37.